The monoisotopic (exact) mass is 235 g/mol. The summed E-state index contributed by atoms with van der Waals surface area (Å²) in [6.07, 6.45) is 0.0673. The van der Waals surface area contributed by atoms with Crippen molar-refractivity contribution in [1.82, 2.24) is 4.90 Å². The van der Waals surface area contributed by atoms with Gasteiger partial charge in [-0.05, 0) is 44.7 Å². The van der Waals surface area contributed by atoms with Crippen molar-refractivity contribution in [3.05, 3.63) is 0 Å². The Morgan fingerprint density at radius 1 is 1.12 bits per heavy atom. The third kappa shape index (κ3) is 7.27. The molecular weight excluding hydrogens is 218 g/mol. The zero-order valence-corrected chi connectivity index (χ0v) is 11.1. The van der Waals surface area contributed by atoms with Crippen LogP contribution in [0.1, 0.15) is 27.7 Å². The molecule has 2 nitrogen and oxygen atoms in total. The Labute approximate surface area is 103 Å². The van der Waals surface area contributed by atoms with Crippen LogP contribution in [-0.4, -0.2) is 24.2 Å². The quantitative estimate of drug-likeness (QED) is 0.412. The van der Waals surface area contributed by atoms with E-state index in [1.54, 1.807) is 6.92 Å². The molecule has 0 radical (unpaired) electrons. The molecule has 0 aliphatic heterocycles. The van der Waals surface area contributed by atoms with Gasteiger partial charge in [-0.15, -0.1) is 0 Å². The number of hydrogen-bond acceptors (Lipinski definition) is 3. The Kier molecular flexibility index (Phi) is 9.78. The lowest BCUT2D eigenvalue weighted by atomic mass is 10.5. The van der Waals surface area contributed by atoms with Gasteiger partial charge in [-0.1, -0.05) is 19.8 Å². The van der Waals surface area contributed by atoms with Crippen molar-refractivity contribution < 1.29 is 4.18 Å². The molecule has 0 aromatic heterocycles. The van der Waals surface area contributed by atoms with Crippen LogP contribution in [0.5, 0.6) is 0 Å². The maximum atomic E-state index is 5.46. The molecule has 0 aromatic rings. The van der Waals surface area contributed by atoms with E-state index in [-0.39, 0.29) is 6.23 Å². The first kappa shape index (κ1) is 14.9. The van der Waals surface area contributed by atoms with Gasteiger partial charge in [0.15, 0.2) is 0 Å². The summed E-state index contributed by atoms with van der Waals surface area (Å²) >= 11 is 1.12. The summed E-state index contributed by atoms with van der Waals surface area (Å²) in [5.74, 6) is 13.2. The van der Waals surface area contributed by atoms with Crippen molar-refractivity contribution in [2.75, 3.05) is 13.1 Å². The molecule has 0 rings (SSSR count). The van der Waals surface area contributed by atoms with Crippen molar-refractivity contribution in [2.45, 2.75) is 33.9 Å². The molecule has 0 aliphatic rings. The van der Waals surface area contributed by atoms with Gasteiger partial charge >= 0.3 is 0 Å². The first-order valence-corrected chi connectivity index (χ1v) is 5.98. The molecule has 86 valence electrons. The van der Waals surface area contributed by atoms with Gasteiger partial charge in [0.2, 0.25) is 0 Å². The van der Waals surface area contributed by atoms with Gasteiger partial charge in [-0.2, -0.15) is 0 Å². The highest BCUT2D eigenvalue weighted by Gasteiger charge is 2.09. The molecule has 0 aliphatic carbocycles. The van der Waals surface area contributed by atoms with Gasteiger partial charge in [0.05, 0.1) is 12.0 Å². The summed E-state index contributed by atoms with van der Waals surface area (Å²) in [6.45, 7) is 9.90. The molecule has 1 atom stereocenters. The third-order valence-electron chi connectivity index (χ3n) is 1.92. The van der Waals surface area contributed by atoms with E-state index in [1.165, 1.54) is 0 Å². The van der Waals surface area contributed by atoms with Crippen LogP contribution in [0.3, 0.4) is 0 Å². The molecule has 0 saturated heterocycles. The van der Waals surface area contributed by atoms with Gasteiger partial charge in [-0.3, -0.25) is 9.08 Å². The predicted molar refractivity (Wildman–Crippen MR) is 70.1 cm³/mol. The number of hydrogen-bond donors (Lipinski definition) is 0. The fraction of sp³-hybridized carbons (Fsp3) is 0.538. The minimum absolute atomic E-state index is 0.0673. The number of nitrogens with zero attached hydrogens (tertiary/aromatic N) is 1. The first-order valence-electron chi connectivity index (χ1n) is 5.24. The zero-order chi connectivity index (χ0) is 12.2. The third-order valence-corrected chi connectivity index (χ3v) is 2.48. The van der Waals surface area contributed by atoms with Crippen molar-refractivity contribution in [1.29, 1.82) is 0 Å². The van der Waals surface area contributed by atoms with E-state index in [1.807, 2.05) is 6.92 Å². The van der Waals surface area contributed by atoms with Crippen LogP contribution in [0.2, 0.25) is 0 Å². The molecule has 16 heavy (non-hydrogen) atoms. The van der Waals surface area contributed by atoms with Crippen LogP contribution < -0.4 is 0 Å². The molecule has 1 unspecified atom stereocenters. The first-order chi connectivity index (χ1) is 7.76. The summed E-state index contributed by atoms with van der Waals surface area (Å²) in [6, 6.07) is 0. The Morgan fingerprint density at radius 2 is 1.75 bits per heavy atom. The van der Waals surface area contributed by atoms with Crippen LogP contribution in [0.25, 0.3) is 0 Å². The van der Waals surface area contributed by atoms with E-state index < -0.39 is 0 Å². The zero-order valence-electron chi connectivity index (χ0n) is 10.3. The molecule has 0 aromatic carbocycles. The van der Waals surface area contributed by atoms with Gasteiger partial charge in [0.1, 0.15) is 6.23 Å². The van der Waals surface area contributed by atoms with E-state index in [0.29, 0.717) is 0 Å². The van der Waals surface area contributed by atoms with Crippen LogP contribution in [0, 0.1) is 34.9 Å². The van der Waals surface area contributed by atoms with E-state index in [4.69, 9.17) is 4.18 Å². The smallest absolute Gasteiger partial charge is 0.123 e. The average molecular weight is 235 g/mol. The van der Waals surface area contributed by atoms with E-state index in [2.05, 4.69) is 53.6 Å². The Hall–Kier alpha value is -1.05. The SMILES string of the molecule is CC#CC#CC#CSOC(C)N(CC)CC. The van der Waals surface area contributed by atoms with Crippen LogP contribution in [-0.2, 0) is 4.18 Å². The standard InChI is InChI=1S/C13H17NOS/c1-5-8-9-10-11-12-16-15-13(4)14(6-2)7-3/h13H,6-7H2,1-4H3. The van der Waals surface area contributed by atoms with Gasteiger partial charge in [-0.25, -0.2) is 0 Å². The summed E-state index contributed by atoms with van der Waals surface area (Å²) in [5.41, 5.74) is 0. The predicted octanol–water partition coefficient (Wildman–Crippen LogP) is 2.33. The van der Waals surface area contributed by atoms with Crippen molar-refractivity contribution in [2.24, 2.45) is 0 Å². The molecule has 0 saturated carbocycles. The van der Waals surface area contributed by atoms with E-state index >= 15 is 0 Å². The topological polar surface area (TPSA) is 12.5 Å². The van der Waals surface area contributed by atoms with Crippen molar-refractivity contribution >= 4 is 12.0 Å². The van der Waals surface area contributed by atoms with E-state index in [0.717, 1.165) is 25.1 Å². The fourth-order valence-electron chi connectivity index (χ4n) is 1.06. The second kappa shape index (κ2) is 10.5. The molecule has 0 heterocycles. The van der Waals surface area contributed by atoms with E-state index in [9.17, 15) is 0 Å². The van der Waals surface area contributed by atoms with Gasteiger partial charge < -0.3 is 0 Å². The summed E-state index contributed by atoms with van der Waals surface area (Å²) < 4.78 is 5.46. The fourth-order valence-corrected chi connectivity index (χ4v) is 1.47. The second-order valence-electron chi connectivity index (χ2n) is 2.85. The maximum Gasteiger partial charge on any atom is 0.123 e. The Morgan fingerprint density at radius 3 is 2.31 bits per heavy atom. The number of rotatable bonds is 5. The molecule has 0 spiro atoms. The van der Waals surface area contributed by atoms with Crippen molar-refractivity contribution in [3.8, 4) is 34.9 Å². The normalized spacial score (nSPS) is 10.3. The van der Waals surface area contributed by atoms with Crippen molar-refractivity contribution in [3.63, 3.8) is 0 Å². The second-order valence-corrected chi connectivity index (χ2v) is 3.42. The molecule has 3 heteroatoms. The molecular formula is C13H17NOS. The highest BCUT2D eigenvalue weighted by molar-refractivity contribution is 7.99. The van der Waals surface area contributed by atoms with Gasteiger partial charge in [0, 0.05) is 11.2 Å². The average Bonchev–Trinajstić information content (AvgIpc) is 2.29. The van der Waals surface area contributed by atoms with Gasteiger partial charge in [0.25, 0.3) is 0 Å². The molecule has 0 amide bonds. The van der Waals surface area contributed by atoms with Crippen LogP contribution >= 0.6 is 12.0 Å². The lowest BCUT2D eigenvalue weighted by molar-refractivity contribution is 0.0676. The van der Waals surface area contributed by atoms with Crippen LogP contribution in [0.4, 0.5) is 0 Å². The van der Waals surface area contributed by atoms with Crippen LogP contribution in [0.15, 0.2) is 0 Å². The highest BCUT2D eigenvalue weighted by atomic mass is 32.2. The summed E-state index contributed by atoms with van der Waals surface area (Å²) in [5, 5.41) is 2.75. The Bertz CT molecular complexity index is 355. The largest absolute Gasteiger partial charge is 0.284 e. The highest BCUT2D eigenvalue weighted by Crippen LogP contribution is 2.08. The Balaban J connectivity index is 3.88. The summed E-state index contributed by atoms with van der Waals surface area (Å²) in [4.78, 5) is 2.20. The minimum Gasteiger partial charge on any atom is -0.284 e. The molecule has 0 fully saturated rings. The molecule has 0 bridgehead atoms. The molecule has 0 N–H and O–H groups in total. The maximum absolute atomic E-state index is 5.46. The lowest BCUT2D eigenvalue weighted by Gasteiger charge is -2.24. The lowest BCUT2D eigenvalue weighted by Crippen LogP contribution is -2.33. The minimum atomic E-state index is 0.0673. The summed E-state index contributed by atoms with van der Waals surface area (Å²) in [7, 11) is 0.